The Morgan fingerprint density at radius 2 is 2.29 bits per heavy atom. The van der Waals surface area contributed by atoms with Crippen LogP contribution < -0.4 is 10.6 Å². The summed E-state index contributed by atoms with van der Waals surface area (Å²) in [6.07, 6.45) is 2.86. The van der Waals surface area contributed by atoms with E-state index in [0.29, 0.717) is 6.54 Å². The first kappa shape index (κ1) is 14.2. The van der Waals surface area contributed by atoms with Crippen molar-refractivity contribution in [2.24, 2.45) is 5.73 Å². The summed E-state index contributed by atoms with van der Waals surface area (Å²) >= 11 is 1.64. The molecule has 3 aromatic heterocycles. The van der Waals surface area contributed by atoms with E-state index >= 15 is 0 Å². The summed E-state index contributed by atoms with van der Waals surface area (Å²) in [6, 6.07) is 4.09. The number of hydrogen-bond donors (Lipinski definition) is 1. The Labute approximate surface area is 128 Å². The quantitative estimate of drug-likeness (QED) is 0.787. The van der Waals surface area contributed by atoms with Crippen molar-refractivity contribution < 1.29 is 4.42 Å². The van der Waals surface area contributed by atoms with Crippen molar-refractivity contribution in [3.63, 3.8) is 0 Å². The molecule has 3 heterocycles. The summed E-state index contributed by atoms with van der Waals surface area (Å²) in [5.41, 5.74) is 7.15. The molecule has 0 aromatic carbocycles. The molecule has 0 spiro atoms. The van der Waals surface area contributed by atoms with Crippen molar-refractivity contribution in [1.82, 2.24) is 9.38 Å². The molecule has 0 aliphatic carbocycles. The van der Waals surface area contributed by atoms with Crippen LogP contribution in [-0.4, -0.2) is 22.5 Å². The second kappa shape index (κ2) is 5.54. The predicted octanol–water partition coefficient (Wildman–Crippen LogP) is 2.82. The first-order valence-corrected chi connectivity index (χ1v) is 7.89. The van der Waals surface area contributed by atoms with Crippen LogP contribution in [0.15, 0.2) is 28.1 Å². The van der Waals surface area contributed by atoms with Gasteiger partial charge in [-0.05, 0) is 26.0 Å². The topological polar surface area (TPSA) is 59.7 Å². The van der Waals surface area contributed by atoms with Gasteiger partial charge in [0.05, 0.1) is 12.2 Å². The highest BCUT2D eigenvalue weighted by Gasteiger charge is 2.18. The van der Waals surface area contributed by atoms with E-state index in [-0.39, 0.29) is 6.04 Å². The van der Waals surface area contributed by atoms with Gasteiger partial charge in [0.15, 0.2) is 10.8 Å². The van der Waals surface area contributed by atoms with Crippen molar-refractivity contribution in [3.05, 3.63) is 40.9 Å². The van der Waals surface area contributed by atoms with E-state index < -0.39 is 0 Å². The third kappa shape index (κ3) is 2.82. The third-order valence-corrected chi connectivity index (χ3v) is 4.16. The molecule has 21 heavy (non-hydrogen) atoms. The number of furan rings is 1. The molecule has 1 atom stereocenters. The van der Waals surface area contributed by atoms with Crippen LogP contribution in [0.3, 0.4) is 0 Å². The molecule has 5 nitrogen and oxygen atoms in total. The monoisotopic (exact) mass is 304 g/mol. The van der Waals surface area contributed by atoms with Gasteiger partial charge in [-0.3, -0.25) is 4.40 Å². The maximum Gasteiger partial charge on any atom is 0.195 e. The van der Waals surface area contributed by atoms with Crippen LogP contribution in [0.5, 0.6) is 0 Å². The number of hydrogen-bond acceptors (Lipinski definition) is 5. The fourth-order valence-corrected chi connectivity index (χ4v) is 3.23. The second-order valence-corrected chi connectivity index (χ2v) is 6.36. The van der Waals surface area contributed by atoms with Gasteiger partial charge >= 0.3 is 0 Å². The van der Waals surface area contributed by atoms with Crippen LogP contribution in [0.2, 0.25) is 0 Å². The molecular formula is C15H20N4OS. The van der Waals surface area contributed by atoms with E-state index in [1.165, 1.54) is 0 Å². The molecule has 0 aliphatic heterocycles. The number of rotatable bonds is 5. The fraction of sp³-hybridized carbons (Fsp3) is 0.400. The number of thiazole rings is 1. The number of aromatic nitrogens is 2. The molecule has 6 heteroatoms. The molecule has 2 N–H and O–H groups in total. The van der Waals surface area contributed by atoms with Crippen molar-refractivity contribution in [1.29, 1.82) is 0 Å². The first-order chi connectivity index (χ1) is 10.0. The summed E-state index contributed by atoms with van der Waals surface area (Å²) in [4.78, 5) is 7.86. The maximum absolute atomic E-state index is 5.99. The van der Waals surface area contributed by atoms with Gasteiger partial charge in [0, 0.05) is 31.1 Å². The molecule has 0 bridgehead atoms. The summed E-state index contributed by atoms with van der Waals surface area (Å²) in [6.45, 7) is 4.67. The van der Waals surface area contributed by atoms with Crippen LogP contribution in [0.4, 0.5) is 5.82 Å². The van der Waals surface area contributed by atoms with E-state index in [2.05, 4.69) is 15.5 Å². The zero-order valence-corrected chi connectivity index (χ0v) is 13.4. The van der Waals surface area contributed by atoms with Crippen LogP contribution in [-0.2, 0) is 13.0 Å². The average Bonchev–Trinajstić information content (AvgIpc) is 3.07. The third-order valence-electron chi connectivity index (χ3n) is 3.41. The Morgan fingerprint density at radius 3 is 2.95 bits per heavy atom. The lowest BCUT2D eigenvalue weighted by Crippen LogP contribution is -2.23. The Kier molecular flexibility index (Phi) is 3.73. The van der Waals surface area contributed by atoms with Crippen LogP contribution in [0.1, 0.15) is 24.1 Å². The average molecular weight is 304 g/mol. The summed E-state index contributed by atoms with van der Waals surface area (Å²) in [5, 5.41) is 2.05. The van der Waals surface area contributed by atoms with E-state index in [1.807, 2.05) is 38.4 Å². The Hall–Kier alpha value is -1.79. The highest BCUT2D eigenvalue weighted by atomic mass is 32.1. The molecule has 112 valence electrons. The van der Waals surface area contributed by atoms with Crippen LogP contribution in [0, 0.1) is 6.92 Å². The SMILES string of the molecule is Cc1ccc(CN(C)c2nc3sccn3c2CC(C)N)o1. The highest BCUT2D eigenvalue weighted by molar-refractivity contribution is 7.15. The highest BCUT2D eigenvalue weighted by Crippen LogP contribution is 2.26. The molecule has 0 amide bonds. The number of anilines is 1. The number of nitrogens with two attached hydrogens (primary N) is 1. The lowest BCUT2D eigenvalue weighted by Gasteiger charge is -2.18. The standard InChI is InChI=1S/C15H20N4OS/c1-10(16)8-13-14(17-15-19(13)6-7-21-15)18(3)9-12-5-4-11(2)20-12/h4-7,10H,8-9,16H2,1-3H3. The van der Waals surface area contributed by atoms with Gasteiger partial charge in [-0.25, -0.2) is 4.98 Å². The Balaban J connectivity index is 1.92. The minimum atomic E-state index is 0.0998. The Morgan fingerprint density at radius 1 is 1.48 bits per heavy atom. The van der Waals surface area contributed by atoms with Crippen LogP contribution >= 0.6 is 11.3 Å². The van der Waals surface area contributed by atoms with Gasteiger partial charge in [-0.1, -0.05) is 0 Å². The molecule has 0 saturated carbocycles. The van der Waals surface area contributed by atoms with Gasteiger partial charge < -0.3 is 15.1 Å². The van der Waals surface area contributed by atoms with Crippen molar-refractivity contribution in [2.75, 3.05) is 11.9 Å². The van der Waals surface area contributed by atoms with Gasteiger partial charge in [0.2, 0.25) is 0 Å². The molecule has 0 aliphatic rings. The zero-order chi connectivity index (χ0) is 15.0. The van der Waals surface area contributed by atoms with Crippen LogP contribution in [0.25, 0.3) is 4.96 Å². The molecular weight excluding hydrogens is 284 g/mol. The fourth-order valence-electron chi connectivity index (χ4n) is 2.50. The lowest BCUT2D eigenvalue weighted by molar-refractivity contribution is 0.481. The number of aryl methyl sites for hydroxylation is 1. The molecule has 1 unspecified atom stereocenters. The second-order valence-electron chi connectivity index (χ2n) is 5.49. The number of imidazole rings is 1. The van der Waals surface area contributed by atoms with E-state index in [9.17, 15) is 0 Å². The number of fused-ring (bicyclic) bond motifs is 1. The van der Waals surface area contributed by atoms with Crippen molar-refractivity contribution >= 4 is 22.1 Å². The van der Waals surface area contributed by atoms with E-state index in [1.54, 1.807) is 11.3 Å². The maximum atomic E-state index is 5.99. The van der Waals surface area contributed by atoms with Gasteiger partial charge in [-0.15, -0.1) is 11.3 Å². The normalized spacial score (nSPS) is 13.0. The van der Waals surface area contributed by atoms with Gasteiger partial charge in [-0.2, -0.15) is 0 Å². The largest absolute Gasteiger partial charge is 0.464 e. The smallest absolute Gasteiger partial charge is 0.195 e. The predicted molar refractivity (Wildman–Crippen MR) is 86.0 cm³/mol. The minimum Gasteiger partial charge on any atom is -0.464 e. The van der Waals surface area contributed by atoms with Crippen molar-refractivity contribution in [2.45, 2.75) is 32.9 Å². The molecule has 3 aromatic rings. The Bertz CT molecular complexity index is 740. The van der Waals surface area contributed by atoms with E-state index in [4.69, 9.17) is 15.1 Å². The molecule has 0 saturated heterocycles. The molecule has 0 fully saturated rings. The summed E-state index contributed by atoms with van der Waals surface area (Å²) in [7, 11) is 2.04. The van der Waals surface area contributed by atoms with Gasteiger partial charge in [0.1, 0.15) is 11.5 Å². The van der Waals surface area contributed by atoms with E-state index in [0.717, 1.165) is 34.4 Å². The van der Waals surface area contributed by atoms with Gasteiger partial charge in [0.25, 0.3) is 0 Å². The van der Waals surface area contributed by atoms with Crippen molar-refractivity contribution in [3.8, 4) is 0 Å². The molecule has 3 rings (SSSR count). The zero-order valence-electron chi connectivity index (χ0n) is 12.5. The summed E-state index contributed by atoms with van der Waals surface area (Å²) < 4.78 is 7.79. The lowest BCUT2D eigenvalue weighted by atomic mass is 10.2. The first-order valence-electron chi connectivity index (χ1n) is 7.01. The summed E-state index contributed by atoms with van der Waals surface area (Å²) in [5.74, 6) is 2.85. The number of nitrogens with zero attached hydrogens (tertiary/aromatic N) is 3. The minimum absolute atomic E-state index is 0.0998. The molecule has 0 radical (unpaired) electrons.